The van der Waals surface area contributed by atoms with Crippen LogP contribution in [0.1, 0.15) is 64.7 Å². The fourth-order valence-electron chi connectivity index (χ4n) is 5.64. The van der Waals surface area contributed by atoms with E-state index >= 15 is 0 Å². The summed E-state index contributed by atoms with van der Waals surface area (Å²) in [5, 5.41) is 6.97. The number of hydrogen-bond donors (Lipinski definition) is 2. The average molecular weight is 422 g/mol. The maximum atomic E-state index is 12.9. The Morgan fingerprint density at radius 2 is 1.63 bits per heavy atom. The molecule has 0 aromatic carbocycles. The number of nitrogens with zero attached hydrogens (tertiary/aromatic N) is 3. The molecule has 0 spiro atoms. The van der Waals surface area contributed by atoms with Gasteiger partial charge in [-0.05, 0) is 32.6 Å². The number of ether oxygens (including phenoxy) is 1. The van der Waals surface area contributed by atoms with Crippen LogP contribution in [-0.4, -0.2) is 87.2 Å². The number of hydrogen-bond acceptors (Lipinski definition) is 4. The van der Waals surface area contributed by atoms with Crippen LogP contribution in [0.5, 0.6) is 0 Å². The number of rotatable bonds is 7. The Labute approximate surface area is 183 Å². The van der Waals surface area contributed by atoms with Crippen molar-refractivity contribution in [1.82, 2.24) is 20.4 Å². The van der Waals surface area contributed by atoms with Crippen LogP contribution in [0.2, 0.25) is 0 Å². The minimum atomic E-state index is -0.285. The van der Waals surface area contributed by atoms with Gasteiger partial charge in [0.15, 0.2) is 5.96 Å². The molecule has 0 radical (unpaired) electrons. The van der Waals surface area contributed by atoms with Crippen LogP contribution in [0.3, 0.4) is 0 Å². The first-order valence-electron chi connectivity index (χ1n) is 12.1. The maximum Gasteiger partial charge on any atom is 0.230 e. The third-order valence-electron chi connectivity index (χ3n) is 7.36. The molecule has 7 nitrogen and oxygen atoms in total. The van der Waals surface area contributed by atoms with Gasteiger partial charge in [-0.1, -0.05) is 32.1 Å². The van der Waals surface area contributed by atoms with Crippen molar-refractivity contribution in [3.05, 3.63) is 0 Å². The zero-order valence-electron chi connectivity index (χ0n) is 19.5. The van der Waals surface area contributed by atoms with E-state index in [-0.39, 0.29) is 16.9 Å². The Morgan fingerprint density at radius 3 is 2.23 bits per heavy atom. The Morgan fingerprint density at radius 1 is 1.00 bits per heavy atom. The van der Waals surface area contributed by atoms with E-state index in [1.54, 1.807) is 4.90 Å². The number of amides is 1. The van der Waals surface area contributed by atoms with Crippen LogP contribution >= 0.6 is 0 Å². The second kappa shape index (κ2) is 10.8. The molecule has 3 aliphatic rings. The lowest BCUT2D eigenvalue weighted by Crippen LogP contribution is -2.57. The first kappa shape index (κ1) is 23.3. The average Bonchev–Trinajstić information content (AvgIpc) is 3.26. The summed E-state index contributed by atoms with van der Waals surface area (Å²) in [5.74, 6) is 1.11. The van der Waals surface area contributed by atoms with E-state index in [1.165, 1.54) is 32.1 Å². The van der Waals surface area contributed by atoms with Crippen LogP contribution < -0.4 is 10.6 Å². The van der Waals surface area contributed by atoms with E-state index in [2.05, 4.69) is 22.5 Å². The van der Waals surface area contributed by atoms with Gasteiger partial charge in [0.1, 0.15) is 0 Å². The standard InChI is InChI=1S/C23H43N5O2/c1-4-24-21(25-18-22(10-8-9-11-22)20(29)27(2)3)26-19-23(12-6-5-7-13-23)28-14-16-30-17-15-28/h4-19H2,1-3H3,(H2,24,25,26). The molecule has 3 rings (SSSR count). The van der Waals surface area contributed by atoms with Gasteiger partial charge in [-0.2, -0.15) is 0 Å². The number of carbonyl (C=O) groups is 1. The molecule has 0 atom stereocenters. The monoisotopic (exact) mass is 421 g/mol. The van der Waals surface area contributed by atoms with Crippen molar-refractivity contribution in [2.45, 2.75) is 70.3 Å². The molecule has 0 bridgehead atoms. The Hall–Kier alpha value is -1.34. The summed E-state index contributed by atoms with van der Waals surface area (Å²) in [6.45, 7) is 8.10. The van der Waals surface area contributed by atoms with Crippen molar-refractivity contribution in [1.29, 1.82) is 0 Å². The lowest BCUT2D eigenvalue weighted by atomic mass is 9.80. The second-order valence-electron chi connectivity index (χ2n) is 9.62. The fraction of sp³-hybridized carbons (Fsp3) is 0.913. The van der Waals surface area contributed by atoms with Crippen molar-refractivity contribution in [2.75, 3.05) is 60.0 Å². The summed E-state index contributed by atoms with van der Waals surface area (Å²) in [6, 6.07) is 0. The number of nitrogens with one attached hydrogen (secondary N) is 2. The molecule has 0 unspecified atom stereocenters. The van der Waals surface area contributed by atoms with Gasteiger partial charge < -0.3 is 20.3 Å². The topological polar surface area (TPSA) is 69.2 Å². The molecule has 0 aromatic heterocycles. The normalized spacial score (nSPS) is 24.4. The summed E-state index contributed by atoms with van der Waals surface area (Å²) in [7, 11) is 3.74. The number of morpholine rings is 1. The van der Waals surface area contributed by atoms with Crippen LogP contribution in [0.25, 0.3) is 0 Å². The molecular weight excluding hydrogens is 378 g/mol. The number of carbonyl (C=O) groups excluding carboxylic acids is 1. The summed E-state index contributed by atoms with van der Waals surface area (Å²) in [6.07, 6.45) is 10.6. The summed E-state index contributed by atoms with van der Waals surface area (Å²) >= 11 is 0. The predicted octanol–water partition coefficient (Wildman–Crippen LogP) is 2.23. The molecule has 2 saturated carbocycles. The van der Waals surface area contributed by atoms with Gasteiger partial charge in [0, 0.05) is 45.8 Å². The molecule has 1 amide bonds. The minimum Gasteiger partial charge on any atom is -0.379 e. The van der Waals surface area contributed by atoms with E-state index in [4.69, 9.17) is 9.73 Å². The van der Waals surface area contributed by atoms with E-state index in [0.717, 1.165) is 71.0 Å². The highest BCUT2D eigenvalue weighted by atomic mass is 16.5. The summed E-state index contributed by atoms with van der Waals surface area (Å²) in [4.78, 5) is 22.4. The second-order valence-corrected chi connectivity index (χ2v) is 9.62. The quantitative estimate of drug-likeness (QED) is 0.487. The SMILES string of the molecule is CCNC(=NCC1(N2CCOCC2)CCCCC1)NCC1(C(=O)N(C)C)CCCC1. The lowest BCUT2D eigenvalue weighted by molar-refractivity contribution is -0.138. The molecular formula is C23H43N5O2. The molecule has 2 N–H and O–H groups in total. The molecule has 172 valence electrons. The van der Waals surface area contributed by atoms with Crippen molar-refractivity contribution < 1.29 is 9.53 Å². The Kier molecular flexibility index (Phi) is 8.40. The van der Waals surface area contributed by atoms with Crippen LogP contribution in [0.4, 0.5) is 0 Å². The summed E-state index contributed by atoms with van der Waals surface area (Å²) in [5.41, 5.74) is -0.124. The molecule has 1 saturated heterocycles. The van der Waals surface area contributed by atoms with E-state index in [1.807, 2.05) is 14.1 Å². The first-order chi connectivity index (χ1) is 14.5. The third-order valence-corrected chi connectivity index (χ3v) is 7.36. The third kappa shape index (κ3) is 5.47. The van der Waals surface area contributed by atoms with Gasteiger partial charge in [-0.3, -0.25) is 14.7 Å². The van der Waals surface area contributed by atoms with Gasteiger partial charge in [0.2, 0.25) is 5.91 Å². The van der Waals surface area contributed by atoms with Crippen molar-refractivity contribution in [3.63, 3.8) is 0 Å². The van der Waals surface area contributed by atoms with Crippen molar-refractivity contribution >= 4 is 11.9 Å². The molecule has 0 aromatic rings. The highest BCUT2D eigenvalue weighted by Gasteiger charge is 2.42. The van der Waals surface area contributed by atoms with Gasteiger partial charge in [-0.25, -0.2) is 0 Å². The van der Waals surface area contributed by atoms with E-state index < -0.39 is 0 Å². The first-order valence-corrected chi connectivity index (χ1v) is 12.1. The van der Waals surface area contributed by atoms with Gasteiger partial charge in [0.25, 0.3) is 0 Å². The molecule has 2 aliphatic carbocycles. The van der Waals surface area contributed by atoms with E-state index in [0.29, 0.717) is 6.54 Å². The highest BCUT2D eigenvalue weighted by molar-refractivity contribution is 5.85. The van der Waals surface area contributed by atoms with Gasteiger partial charge >= 0.3 is 0 Å². The van der Waals surface area contributed by atoms with Gasteiger partial charge in [-0.15, -0.1) is 0 Å². The largest absolute Gasteiger partial charge is 0.379 e. The van der Waals surface area contributed by atoms with Crippen LogP contribution in [0, 0.1) is 5.41 Å². The minimum absolute atomic E-state index is 0.162. The van der Waals surface area contributed by atoms with Crippen molar-refractivity contribution in [2.24, 2.45) is 10.4 Å². The molecule has 30 heavy (non-hydrogen) atoms. The molecule has 1 aliphatic heterocycles. The highest BCUT2D eigenvalue weighted by Crippen LogP contribution is 2.39. The van der Waals surface area contributed by atoms with Gasteiger partial charge in [0.05, 0.1) is 25.2 Å². The molecule has 1 heterocycles. The Bertz CT molecular complexity index is 574. The zero-order chi connectivity index (χ0) is 21.5. The fourth-order valence-corrected chi connectivity index (χ4v) is 5.64. The molecule has 3 fully saturated rings. The number of guanidine groups is 1. The predicted molar refractivity (Wildman–Crippen MR) is 122 cm³/mol. The van der Waals surface area contributed by atoms with Crippen LogP contribution in [-0.2, 0) is 9.53 Å². The smallest absolute Gasteiger partial charge is 0.230 e. The maximum absolute atomic E-state index is 12.9. The van der Waals surface area contributed by atoms with Crippen LogP contribution in [0.15, 0.2) is 4.99 Å². The van der Waals surface area contributed by atoms with Crippen molar-refractivity contribution in [3.8, 4) is 0 Å². The lowest BCUT2D eigenvalue weighted by Gasteiger charge is -2.47. The summed E-state index contributed by atoms with van der Waals surface area (Å²) < 4.78 is 5.61. The van der Waals surface area contributed by atoms with E-state index in [9.17, 15) is 4.79 Å². The molecule has 7 heteroatoms. The Balaban J connectivity index is 1.70. The zero-order valence-corrected chi connectivity index (χ0v) is 19.5. The number of aliphatic imine (C=N–C) groups is 1.